The Hall–Kier alpha value is -2.42. The van der Waals surface area contributed by atoms with Crippen LogP contribution in [0.25, 0.3) is 10.9 Å². The number of hydrogen-bond acceptors (Lipinski definition) is 6. The van der Waals surface area contributed by atoms with Gasteiger partial charge in [-0.15, -0.1) is 12.4 Å². The maximum atomic E-state index is 12.6. The van der Waals surface area contributed by atoms with Gasteiger partial charge in [-0.25, -0.2) is 0 Å². The molecule has 1 aromatic carbocycles. The Bertz CT molecular complexity index is 860. The van der Waals surface area contributed by atoms with Crippen molar-refractivity contribution in [2.45, 2.75) is 25.5 Å². The molecule has 0 radical (unpaired) electrons. The number of ketones is 1. The van der Waals surface area contributed by atoms with E-state index in [-0.39, 0.29) is 25.4 Å². The summed E-state index contributed by atoms with van der Waals surface area (Å²) in [5.74, 6) is -4.49. The fraction of sp³-hybridized carbons (Fsp3) is 0.450. The number of nitrogens with zero attached hydrogens (tertiary/aromatic N) is 1. The fourth-order valence-corrected chi connectivity index (χ4v) is 3.19. The van der Waals surface area contributed by atoms with Gasteiger partial charge in [0.25, 0.3) is 0 Å². The summed E-state index contributed by atoms with van der Waals surface area (Å²) in [6.07, 6.45) is 0.834. The predicted octanol–water partition coefficient (Wildman–Crippen LogP) is 0.0326. The van der Waals surface area contributed by atoms with Crippen molar-refractivity contribution >= 4 is 41.0 Å². The van der Waals surface area contributed by atoms with E-state index in [1.165, 1.54) is 0 Å². The van der Waals surface area contributed by atoms with E-state index in [9.17, 15) is 19.5 Å². The molecule has 0 amide bonds. The Kier molecular flexibility index (Phi) is 8.37. The van der Waals surface area contributed by atoms with Crippen molar-refractivity contribution < 1.29 is 28.7 Å². The first-order chi connectivity index (χ1) is 13.0. The number of nitrogens with one attached hydrogen (secondary N) is 1. The zero-order valence-electron chi connectivity index (χ0n) is 17.0. The third kappa shape index (κ3) is 6.56. The van der Waals surface area contributed by atoms with Crippen molar-refractivity contribution in [2.24, 2.45) is 11.7 Å². The lowest BCUT2D eigenvalue weighted by Gasteiger charge is -2.33. The predicted molar refractivity (Wildman–Crippen MR) is 109 cm³/mol. The Labute approximate surface area is 176 Å². The van der Waals surface area contributed by atoms with Crippen LogP contribution >= 0.6 is 12.4 Å². The van der Waals surface area contributed by atoms with Crippen LogP contribution in [0.3, 0.4) is 0 Å². The number of fused-ring (bicyclic) bond motifs is 1. The van der Waals surface area contributed by atoms with E-state index in [0.29, 0.717) is 4.48 Å². The minimum atomic E-state index is -1.57. The zero-order valence-corrected chi connectivity index (χ0v) is 17.8. The van der Waals surface area contributed by atoms with Gasteiger partial charge in [0.15, 0.2) is 6.10 Å². The van der Waals surface area contributed by atoms with Gasteiger partial charge in [0, 0.05) is 23.5 Å². The monoisotopic (exact) mass is 425 g/mol. The van der Waals surface area contributed by atoms with Gasteiger partial charge in [-0.3, -0.25) is 9.59 Å². The molecule has 9 heteroatoms. The van der Waals surface area contributed by atoms with E-state index in [4.69, 9.17) is 10.5 Å². The summed E-state index contributed by atoms with van der Waals surface area (Å²) >= 11 is 0. The summed E-state index contributed by atoms with van der Waals surface area (Å²) in [7, 11) is 5.41. The van der Waals surface area contributed by atoms with E-state index in [2.05, 4.69) is 4.98 Å². The molecule has 0 saturated carbocycles. The third-order valence-corrected chi connectivity index (χ3v) is 4.48. The third-order valence-electron chi connectivity index (χ3n) is 4.48. The molecule has 1 heterocycles. The van der Waals surface area contributed by atoms with Crippen LogP contribution in [0.4, 0.5) is 0 Å². The molecule has 3 N–H and O–H groups in total. The highest BCUT2D eigenvalue weighted by Gasteiger charge is 2.35. The van der Waals surface area contributed by atoms with E-state index >= 15 is 0 Å². The molecule has 3 atom stereocenters. The van der Waals surface area contributed by atoms with Crippen molar-refractivity contribution in [3.05, 3.63) is 36.0 Å². The molecule has 0 spiro atoms. The number of para-hydroxylation sites is 1. The zero-order chi connectivity index (χ0) is 21.1. The Morgan fingerprint density at radius 2 is 1.83 bits per heavy atom. The van der Waals surface area contributed by atoms with Crippen LogP contribution in [0.1, 0.15) is 12.5 Å². The van der Waals surface area contributed by atoms with Gasteiger partial charge < -0.3 is 29.8 Å². The first-order valence-electron chi connectivity index (χ1n) is 9.02. The molecule has 0 fully saturated rings. The maximum Gasteiger partial charge on any atom is 0.323 e. The number of carboxylic acids is 1. The largest absolute Gasteiger partial charge is 0.549 e. The number of quaternary nitrogens is 1. The van der Waals surface area contributed by atoms with Crippen LogP contribution < -0.4 is 10.8 Å². The van der Waals surface area contributed by atoms with Crippen LogP contribution in [0.2, 0.25) is 0 Å². The standard InChI is InChI=1S/C20H27N3O5.ClH/c1-12(24)18(19(25)26)17(11-23(2,3)4)28-20(27)15(21)9-13-10-22-16-8-6-5-7-14(13)16;/h5-8,10,15,17-18,22H,9,11,21H2,1-4H3;1H/t15-,17?,18?;/m0./s1. The van der Waals surface area contributed by atoms with Gasteiger partial charge in [-0.1, -0.05) is 18.2 Å². The Balaban J connectivity index is 0.00000420. The first-order valence-corrected chi connectivity index (χ1v) is 9.02. The summed E-state index contributed by atoms with van der Waals surface area (Å²) < 4.78 is 5.70. The number of nitrogens with two attached hydrogens (primary N) is 1. The molecule has 1 aromatic heterocycles. The number of aromatic amines is 1. The number of Topliss-reactive ketones (excluding diaryl/α,β-unsaturated/α-hetero) is 1. The number of esters is 1. The van der Waals surface area contributed by atoms with Gasteiger partial charge in [-0.2, -0.15) is 0 Å². The molecular formula is C20H28ClN3O5. The highest BCUT2D eigenvalue weighted by atomic mass is 35.5. The fourth-order valence-electron chi connectivity index (χ4n) is 3.19. The van der Waals surface area contributed by atoms with E-state index in [0.717, 1.165) is 23.4 Å². The summed E-state index contributed by atoms with van der Waals surface area (Å²) in [5, 5.41) is 12.4. The van der Waals surface area contributed by atoms with E-state index in [1.54, 1.807) is 27.3 Å². The van der Waals surface area contributed by atoms with Gasteiger partial charge in [0.1, 0.15) is 18.4 Å². The number of aliphatic carboxylic acids is 1. The van der Waals surface area contributed by atoms with Gasteiger partial charge in [0.2, 0.25) is 0 Å². The summed E-state index contributed by atoms with van der Waals surface area (Å²) in [6, 6.07) is 6.62. The smallest absolute Gasteiger partial charge is 0.323 e. The summed E-state index contributed by atoms with van der Waals surface area (Å²) in [4.78, 5) is 38.9. The molecule has 0 aliphatic carbocycles. The number of halogens is 1. The molecule has 0 bridgehead atoms. The lowest BCUT2D eigenvalue weighted by Crippen LogP contribution is -2.53. The lowest BCUT2D eigenvalue weighted by molar-refractivity contribution is -0.873. The highest BCUT2D eigenvalue weighted by molar-refractivity contribution is 5.97. The minimum absolute atomic E-state index is 0. The number of ether oxygens (including phenoxy) is 1. The number of benzene rings is 1. The van der Waals surface area contributed by atoms with Crippen molar-refractivity contribution in [2.75, 3.05) is 27.7 Å². The van der Waals surface area contributed by atoms with Crippen molar-refractivity contribution in [1.29, 1.82) is 0 Å². The number of H-pyrrole nitrogens is 1. The second-order valence-electron chi connectivity index (χ2n) is 8.03. The van der Waals surface area contributed by atoms with Crippen molar-refractivity contribution in [3.8, 4) is 0 Å². The average molecular weight is 426 g/mol. The quantitative estimate of drug-likeness (QED) is 0.332. The first kappa shape index (κ1) is 24.6. The van der Waals surface area contributed by atoms with E-state index < -0.39 is 35.8 Å². The number of likely N-dealkylation sites (N-methyl/N-ethyl adjacent to an activating group) is 1. The number of carboxylic acid groups (broad SMARTS) is 1. The molecule has 0 aliphatic heterocycles. The minimum Gasteiger partial charge on any atom is -0.549 e. The highest BCUT2D eigenvalue weighted by Crippen LogP contribution is 2.20. The second kappa shape index (κ2) is 9.87. The van der Waals surface area contributed by atoms with Crippen LogP contribution in [-0.4, -0.2) is 67.0 Å². The van der Waals surface area contributed by atoms with Crippen LogP contribution in [0.5, 0.6) is 0 Å². The normalized spacial score (nSPS) is 14.5. The SMILES string of the molecule is CC(=O)C(C(=O)[O-])C(C[N+](C)(C)C)OC(=O)[C@@H](N)Cc1c[nH]c2ccccc12.Cl. The van der Waals surface area contributed by atoms with Gasteiger partial charge in [0.05, 0.1) is 33.0 Å². The number of carbonyl (C=O) groups excluding carboxylic acids is 3. The van der Waals surface area contributed by atoms with Gasteiger partial charge in [-0.05, 0) is 18.6 Å². The molecule has 8 nitrogen and oxygen atoms in total. The second-order valence-corrected chi connectivity index (χ2v) is 8.03. The lowest BCUT2D eigenvalue weighted by atomic mass is 9.97. The molecule has 2 aromatic rings. The van der Waals surface area contributed by atoms with Crippen molar-refractivity contribution in [1.82, 2.24) is 4.98 Å². The Morgan fingerprint density at radius 1 is 1.21 bits per heavy atom. The number of rotatable bonds is 9. The Morgan fingerprint density at radius 3 is 2.38 bits per heavy atom. The van der Waals surface area contributed by atoms with Gasteiger partial charge >= 0.3 is 5.97 Å². The number of carbonyl (C=O) groups is 3. The number of hydrogen-bond donors (Lipinski definition) is 2. The molecule has 0 aliphatic rings. The van der Waals surface area contributed by atoms with E-state index in [1.807, 2.05) is 24.3 Å². The molecule has 160 valence electrons. The number of aromatic nitrogens is 1. The van der Waals surface area contributed by atoms with Crippen LogP contribution in [0, 0.1) is 5.92 Å². The summed E-state index contributed by atoms with van der Waals surface area (Å²) in [5.41, 5.74) is 7.80. The molecule has 2 rings (SSSR count). The molecule has 0 saturated heterocycles. The molecule has 2 unspecified atom stereocenters. The average Bonchev–Trinajstić information content (AvgIpc) is 2.95. The van der Waals surface area contributed by atoms with Crippen molar-refractivity contribution in [3.63, 3.8) is 0 Å². The van der Waals surface area contributed by atoms with Crippen LogP contribution in [0.15, 0.2) is 30.5 Å². The summed E-state index contributed by atoms with van der Waals surface area (Å²) in [6.45, 7) is 1.27. The van der Waals surface area contributed by atoms with Crippen LogP contribution in [-0.2, 0) is 25.5 Å². The topological polar surface area (TPSA) is 125 Å². The molecular weight excluding hydrogens is 398 g/mol. The maximum absolute atomic E-state index is 12.6. The molecule has 29 heavy (non-hydrogen) atoms.